The Balaban J connectivity index is -0.0000000910. The molecule has 0 aromatic heterocycles. The molecule has 0 fully saturated rings. The zero-order valence-electron chi connectivity index (χ0n) is 7.36. The van der Waals surface area contributed by atoms with Gasteiger partial charge in [0.1, 0.15) is 0 Å². The Kier molecular flexibility index (Phi) is 38.8. The molecule has 58 valence electrons. The molecule has 0 N–H and O–H groups in total. The summed E-state index contributed by atoms with van der Waals surface area (Å²) in [6.45, 7) is 7.87. The minimum absolute atomic E-state index is 0. The van der Waals surface area contributed by atoms with Gasteiger partial charge in [-0.3, -0.25) is 0 Å². The molecule has 0 aromatic carbocycles. The predicted molar refractivity (Wildman–Crippen MR) is 53.2 cm³/mol. The van der Waals surface area contributed by atoms with E-state index in [1.165, 1.54) is 19.3 Å². The second-order valence-electron chi connectivity index (χ2n) is 1.91. The Labute approximate surface area is 87.7 Å². The molecule has 0 heterocycles. The van der Waals surface area contributed by atoms with Crippen molar-refractivity contribution in [2.75, 3.05) is 5.75 Å². The largest absolute Gasteiger partial charge is 2.00 e. The minimum atomic E-state index is 0. The van der Waals surface area contributed by atoms with Crippen molar-refractivity contribution in [3.8, 4) is 0 Å². The first-order valence-electron chi connectivity index (χ1n) is 3.70. The van der Waals surface area contributed by atoms with Crippen molar-refractivity contribution in [2.45, 2.75) is 39.5 Å². The fourth-order valence-electron chi connectivity index (χ4n) is 0.144. The third-order valence-corrected chi connectivity index (χ3v) is 1.14. The van der Waals surface area contributed by atoms with E-state index in [0.717, 1.165) is 12.2 Å². The van der Waals surface area contributed by atoms with Crippen LogP contribution in [-0.2, 0) is 12.6 Å². The van der Waals surface area contributed by atoms with Crippen LogP contribution in [0.3, 0.4) is 0 Å². The van der Waals surface area contributed by atoms with Crippen LogP contribution in [0.1, 0.15) is 39.5 Å². The van der Waals surface area contributed by atoms with Crippen molar-refractivity contribution in [1.29, 1.82) is 0 Å². The Morgan fingerprint density at radius 2 is 1.60 bits per heavy atom. The van der Waals surface area contributed by atoms with Crippen molar-refractivity contribution in [1.82, 2.24) is 0 Å². The van der Waals surface area contributed by atoms with E-state index in [1.54, 1.807) is 0 Å². The summed E-state index contributed by atoms with van der Waals surface area (Å²) in [5.41, 5.74) is 0. The van der Waals surface area contributed by atoms with E-state index in [2.05, 4.69) is 33.4 Å². The van der Waals surface area contributed by atoms with E-state index in [1.807, 2.05) is 0 Å². The molecule has 0 aliphatic heterocycles. The van der Waals surface area contributed by atoms with Crippen LogP contribution in [0.4, 0.5) is 0 Å². The molecule has 0 atom stereocenters. The predicted octanol–water partition coefficient (Wildman–Crippen LogP) is 2.57. The number of rotatable bonds is 3. The zero-order chi connectivity index (χ0) is 7.54. The molecule has 0 aromatic rings. The minimum Gasteiger partial charge on any atom is -0.793 e. The van der Waals surface area contributed by atoms with Gasteiger partial charge in [0.2, 0.25) is 0 Å². The van der Waals surface area contributed by atoms with E-state index in [0.29, 0.717) is 0 Å². The Bertz CT molecular complexity index is 28.4. The van der Waals surface area contributed by atoms with Gasteiger partial charge in [-0.15, -0.1) is 0 Å². The molecular weight excluding hydrogens is 152 g/mol. The van der Waals surface area contributed by atoms with Gasteiger partial charge in [-0.1, -0.05) is 33.1 Å². The molecule has 0 unspecified atom stereocenters. The van der Waals surface area contributed by atoms with Crippen LogP contribution in [0.2, 0.25) is 0 Å². The van der Waals surface area contributed by atoms with E-state index in [4.69, 9.17) is 0 Å². The monoisotopic (exact) mass is 170 g/mol. The van der Waals surface area contributed by atoms with Crippen LogP contribution < -0.4 is 0 Å². The van der Waals surface area contributed by atoms with Crippen molar-refractivity contribution in [2.24, 2.45) is 0 Å². The van der Waals surface area contributed by atoms with Gasteiger partial charge in [0.05, 0.1) is 0 Å². The molecule has 0 nitrogen and oxygen atoms in total. The van der Waals surface area contributed by atoms with Crippen LogP contribution in [0.5, 0.6) is 0 Å². The topological polar surface area (TPSA) is 0 Å². The van der Waals surface area contributed by atoms with Crippen LogP contribution >= 0.6 is 0 Å². The van der Waals surface area contributed by atoms with Gasteiger partial charge >= 0.3 is 23.1 Å². The van der Waals surface area contributed by atoms with Crippen LogP contribution in [-0.4, -0.2) is 28.8 Å². The first kappa shape index (κ1) is 17.3. The molecular formula is C8H18MgS. The van der Waals surface area contributed by atoms with E-state index in [9.17, 15) is 0 Å². The summed E-state index contributed by atoms with van der Waals surface area (Å²) in [5, 5.41) is 0. The Morgan fingerprint density at radius 3 is 1.60 bits per heavy atom. The van der Waals surface area contributed by atoms with Crippen LogP contribution in [0.25, 0.3) is 0 Å². The molecule has 10 heavy (non-hydrogen) atoms. The molecule has 0 aliphatic rings. The van der Waals surface area contributed by atoms with Gasteiger partial charge in [-0.2, -0.15) is 12.2 Å². The first-order chi connectivity index (χ1) is 4.33. The first-order valence-corrected chi connectivity index (χ1v) is 4.28. The standard InChI is InChI=1S/C4H10S.C4H9.Mg/c1-2-3-4-5;1-3-4-2;/h5H,2-4H2,1H3;1,3-4H2,2H3;/q;-1;+2/p-1. The number of hydrogen-bond acceptors (Lipinski definition) is 1. The summed E-state index contributed by atoms with van der Waals surface area (Å²) in [7, 11) is 0. The maximum atomic E-state index is 4.65. The number of hydrogen-bond donors (Lipinski definition) is 0. The average molecular weight is 171 g/mol. The van der Waals surface area contributed by atoms with Gasteiger partial charge in [-0.25, -0.2) is 0 Å². The normalized spacial score (nSPS) is 7.20. The maximum Gasteiger partial charge on any atom is 2.00 e. The molecule has 0 aliphatic carbocycles. The molecule has 0 saturated heterocycles. The van der Waals surface area contributed by atoms with E-state index < -0.39 is 0 Å². The molecule has 0 saturated carbocycles. The quantitative estimate of drug-likeness (QED) is 0.357. The fraction of sp³-hybridized carbons (Fsp3) is 0.875. The zero-order valence-corrected chi connectivity index (χ0v) is 9.59. The molecule has 0 spiro atoms. The van der Waals surface area contributed by atoms with E-state index in [-0.39, 0.29) is 23.1 Å². The summed E-state index contributed by atoms with van der Waals surface area (Å²) < 4.78 is 0. The third-order valence-electron chi connectivity index (χ3n) is 0.851. The van der Waals surface area contributed by atoms with Crippen molar-refractivity contribution in [3.05, 3.63) is 6.92 Å². The molecule has 0 bridgehead atoms. The summed E-state index contributed by atoms with van der Waals surface area (Å²) in [6.07, 6.45) is 4.72. The van der Waals surface area contributed by atoms with Gasteiger partial charge in [0, 0.05) is 0 Å². The van der Waals surface area contributed by atoms with Gasteiger partial charge < -0.3 is 19.6 Å². The second kappa shape index (κ2) is 22.5. The SMILES string of the molecule is CCCC[S-].[CH2-]CCC.[Mg+2]. The molecule has 0 radical (unpaired) electrons. The summed E-state index contributed by atoms with van der Waals surface area (Å²) in [4.78, 5) is 0. The Hall–Kier alpha value is 1.12. The van der Waals surface area contributed by atoms with Crippen LogP contribution in [0.15, 0.2) is 0 Å². The summed E-state index contributed by atoms with van der Waals surface area (Å²) >= 11 is 4.65. The smallest absolute Gasteiger partial charge is 0.793 e. The molecule has 0 amide bonds. The van der Waals surface area contributed by atoms with Crippen molar-refractivity contribution in [3.63, 3.8) is 0 Å². The summed E-state index contributed by atoms with van der Waals surface area (Å²) in [6, 6.07) is 0. The molecule has 2 heteroatoms. The van der Waals surface area contributed by atoms with Gasteiger partial charge in [0.15, 0.2) is 0 Å². The summed E-state index contributed by atoms with van der Waals surface area (Å²) in [5.74, 6) is 0.927. The van der Waals surface area contributed by atoms with Gasteiger partial charge in [-0.05, 0) is 0 Å². The van der Waals surface area contributed by atoms with Crippen LogP contribution in [0, 0.1) is 6.92 Å². The van der Waals surface area contributed by atoms with Crippen molar-refractivity contribution < 1.29 is 0 Å². The Morgan fingerprint density at radius 1 is 1.20 bits per heavy atom. The molecule has 0 rings (SSSR count). The fourth-order valence-corrected chi connectivity index (χ4v) is 0.433. The second-order valence-corrected chi connectivity index (χ2v) is 2.32. The number of unbranched alkanes of at least 4 members (excludes halogenated alkanes) is 2. The van der Waals surface area contributed by atoms with E-state index >= 15 is 0 Å². The maximum absolute atomic E-state index is 4.65. The van der Waals surface area contributed by atoms with Gasteiger partial charge in [0.25, 0.3) is 0 Å². The third kappa shape index (κ3) is 35.4. The average Bonchev–Trinajstić information content (AvgIpc) is 1.91. The van der Waals surface area contributed by atoms with Crippen molar-refractivity contribution >= 4 is 35.7 Å².